The van der Waals surface area contributed by atoms with Crippen molar-refractivity contribution in [3.05, 3.63) is 0 Å². The molecule has 0 bridgehead atoms. The number of carbonyl (C=O) groups is 1. The molecule has 0 aliphatic heterocycles. The first-order valence-corrected chi connectivity index (χ1v) is 17.3. The molecule has 0 N–H and O–H groups in total. The summed E-state index contributed by atoms with van der Waals surface area (Å²) >= 11 is 0. The highest BCUT2D eigenvalue weighted by molar-refractivity contribution is 5.71. The standard InChI is InChI=1S/C35H70O2/c1-5-8-11-13-15-17-18-19-21-23-25-28-31-34(30-26-10-7-3)32-37-35(36)33(4)29-27-24-22-20-16-14-12-9-6-2/h33-34H,5-32H2,1-4H3. The van der Waals surface area contributed by atoms with Gasteiger partial charge in [-0.25, -0.2) is 0 Å². The molecule has 0 aliphatic carbocycles. The molecular weight excluding hydrogens is 452 g/mol. The van der Waals surface area contributed by atoms with Gasteiger partial charge in [0, 0.05) is 0 Å². The van der Waals surface area contributed by atoms with Crippen LogP contribution in [0.2, 0.25) is 0 Å². The molecule has 0 aromatic rings. The van der Waals surface area contributed by atoms with Crippen LogP contribution in [0.25, 0.3) is 0 Å². The Morgan fingerprint density at radius 3 is 1.16 bits per heavy atom. The zero-order valence-electron chi connectivity index (χ0n) is 26.3. The molecule has 2 nitrogen and oxygen atoms in total. The summed E-state index contributed by atoms with van der Waals surface area (Å²) in [5.41, 5.74) is 0. The second-order valence-corrected chi connectivity index (χ2v) is 12.2. The Bertz CT molecular complexity index is 447. The maximum atomic E-state index is 12.6. The molecule has 0 spiro atoms. The highest BCUT2D eigenvalue weighted by Gasteiger charge is 2.17. The highest BCUT2D eigenvalue weighted by atomic mass is 16.5. The summed E-state index contributed by atoms with van der Waals surface area (Å²) in [5, 5.41) is 0. The van der Waals surface area contributed by atoms with Gasteiger partial charge in [0.1, 0.15) is 0 Å². The molecule has 37 heavy (non-hydrogen) atoms. The fourth-order valence-electron chi connectivity index (χ4n) is 5.49. The lowest BCUT2D eigenvalue weighted by molar-refractivity contribution is -0.149. The number of hydrogen-bond acceptors (Lipinski definition) is 2. The van der Waals surface area contributed by atoms with Crippen molar-refractivity contribution in [2.75, 3.05) is 6.61 Å². The molecule has 0 rings (SSSR count). The Balaban J connectivity index is 3.88. The number of carbonyl (C=O) groups excluding carboxylic acids is 1. The van der Waals surface area contributed by atoms with Crippen molar-refractivity contribution in [2.24, 2.45) is 11.8 Å². The third-order valence-corrected chi connectivity index (χ3v) is 8.29. The molecule has 2 unspecified atom stereocenters. The van der Waals surface area contributed by atoms with E-state index >= 15 is 0 Å². The molecular formula is C35H70O2. The lowest BCUT2D eigenvalue weighted by Gasteiger charge is -2.19. The van der Waals surface area contributed by atoms with E-state index < -0.39 is 0 Å². The molecule has 0 aliphatic rings. The van der Waals surface area contributed by atoms with E-state index in [1.54, 1.807) is 0 Å². The van der Waals surface area contributed by atoms with Gasteiger partial charge < -0.3 is 4.74 Å². The molecule has 2 atom stereocenters. The number of hydrogen-bond donors (Lipinski definition) is 0. The molecule has 0 aromatic carbocycles. The van der Waals surface area contributed by atoms with Gasteiger partial charge in [0.25, 0.3) is 0 Å². The van der Waals surface area contributed by atoms with Crippen molar-refractivity contribution in [1.29, 1.82) is 0 Å². The summed E-state index contributed by atoms with van der Waals surface area (Å²) in [7, 11) is 0. The summed E-state index contributed by atoms with van der Waals surface area (Å²) in [4.78, 5) is 12.6. The predicted octanol–water partition coefficient (Wildman–Crippen LogP) is 12.4. The highest BCUT2D eigenvalue weighted by Crippen LogP contribution is 2.21. The van der Waals surface area contributed by atoms with Crippen molar-refractivity contribution in [2.45, 2.75) is 201 Å². The van der Waals surface area contributed by atoms with Crippen LogP contribution in [0.3, 0.4) is 0 Å². The second-order valence-electron chi connectivity index (χ2n) is 12.2. The summed E-state index contributed by atoms with van der Waals surface area (Å²) in [6.07, 6.45) is 36.1. The predicted molar refractivity (Wildman–Crippen MR) is 165 cm³/mol. The van der Waals surface area contributed by atoms with Crippen LogP contribution < -0.4 is 0 Å². The van der Waals surface area contributed by atoms with Gasteiger partial charge in [-0.1, -0.05) is 182 Å². The van der Waals surface area contributed by atoms with Gasteiger partial charge in [-0.15, -0.1) is 0 Å². The van der Waals surface area contributed by atoms with Gasteiger partial charge in [-0.05, 0) is 25.2 Å². The fourth-order valence-corrected chi connectivity index (χ4v) is 5.49. The van der Waals surface area contributed by atoms with Crippen molar-refractivity contribution in [3.63, 3.8) is 0 Å². The van der Waals surface area contributed by atoms with Gasteiger partial charge in [-0.3, -0.25) is 4.79 Å². The first-order chi connectivity index (χ1) is 18.2. The third-order valence-electron chi connectivity index (χ3n) is 8.29. The number of ether oxygens (including phenoxy) is 1. The normalized spacial score (nSPS) is 13.1. The Hall–Kier alpha value is -0.530. The van der Waals surface area contributed by atoms with E-state index in [9.17, 15) is 4.79 Å². The minimum atomic E-state index is 0.0507. The smallest absolute Gasteiger partial charge is 0.308 e. The minimum absolute atomic E-state index is 0.0507. The topological polar surface area (TPSA) is 26.3 Å². The zero-order chi connectivity index (χ0) is 27.2. The third kappa shape index (κ3) is 26.8. The Kier molecular flexibility index (Phi) is 29.6. The largest absolute Gasteiger partial charge is 0.465 e. The van der Waals surface area contributed by atoms with E-state index in [1.165, 1.54) is 167 Å². The lowest BCUT2D eigenvalue weighted by atomic mass is 9.95. The average Bonchev–Trinajstić information content (AvgIpc) is 2.90. The monoisotopic (exact) mass is 523 g/mol. The van der Waals surface area contributed by atoms with Crippen molar-refractivity contribution in [3.8, 4) is 0 Å². The van der Waals surface area contributed by atoms with Crippen molar-refractivity contribution < 1.29 is 9.53 Å². The first kappa shape index (κ1) is 36.5. The SMILES string of the molecule is CCCCCCCCCCCCCCC(CCCCC)COC(=O)C(C)CCCCCCCCCCC. The van der Waals surface area contributed by atoms with Gasteiger partial charge in [-0.2, -0.15) is 0 Å². The van der Waals surface area contributed by atoms with Crippen LogP contribution in [-0.4, -0.2) is 12.6 Å². The van der Waals surface area contributed by atoms with Crippen LogP contribution in [0.5, 0.6) is 0 Å². The number of rotatable bonds is 30. The summed E-state index contributed by atoms with van der Waals surface area (Å²) in [5.74, 6) is 0.681. The summed E-state index contributed by atoms with van der Waals surface area (Å²) in [6, 6.07) is 0. The van der Waals surface area contributed by atoms with Gasteiger partial charge in [0.2, 0.25) is 0 Å². The molecule has 0 fully saturated rings. The van der Waals surface area contributed by atoms with E-state index in [4.69, 9.17) is 4.74 Å². The molecule has 0 saturated carbocycles. The Morgan fingerprint density at radius 2 is 0.757 bits per heavy atom. The molecule has 222 valence electrons. The zero-order valence-corrected chi connectivity index (χ0v) is 26.3. The summed E-state index contributed by atoms with van der Waals surface area (Å²) in [6.45, 7) is 9.57. The average molecular weight is 523 g/mol. The maximum Gasteiger partial charge on any atom is 0.308 e. The number of esters is 1. The molecule has 0 aromatic heterocycles. The second kappa shape index (κ2) is 30.0. The molecule has 0 saturated heterocycles. The van der Waals surface area contributed by atoms with Crippen molar-refractivity contribution >= 4 is 5.97 Å². The number of unbranched alkanes of at least 4 members (excludes halogenated alkanes) is 21. The lowest BCUT2D eigenvalue weighted by Crippen LogP contribution is -2.19. The van der Waals surface area contributed by atoms with Crippen LogP contribution in [0.4, 0.5) is 0 Å². The van der Waals surface area contributed by atoms with E-state index in [-0.39, 0.29) is 11.9 Å². The molecule has 0 amide bonds. The molecule has 0 heterocycles. The maximum absolute atomic E-state index is 12.6. The van der Waals surface area contributed by atoms with Gasteiger partial charge >= 0.3 is 5.97 Å². The van der Waals surface area contributed by atoms with Crippen LogP contribution in [0.15, 0.2) is 0 Å². The van der Waals surface area contributed by atoms with E-state index in [1.807, 2.05) is 0 Å². The van der Waals surface area contributed by atoms with Crippen LogP contribution in [0.1, 0.15) is 201 Å². The summed E-state index contributed by atoms with van der Waals surface area (Å²) < 4.78 is 5.85. The molecule has 2 heteroatoms. The van der Waals surface area contributed by atoms with E-state index in [0.29, 0.717) is 12.5 Å². The Morgan fingerprint density at radius 1 is 0.459 bits per heavy atom. The van der Waals surface area contributed by atoms with Crippen molar-refractivity contribution in [1.82, 2.24) is 0 Å². The van der Waals surface area contributed by atoms with Gasteiger partial charge in [0.15, 0.2) is 0 Å². The van der Waals surface area contributed by atoms with Gasteiger partial charge in [0.05, 0.1) is 12.5 Å². The first-order valence-electron chi connectivity index (χ1n) is 17.3. The quantitative estimate of drug-likeness (QED) is 0.0692. The van der Waals surface area contributed by atoms with Crippen LogP contribution in [-0.2, 0) is 9.53 Å². The minimum Gasteiger partial charge on any atom is -0.465 e. The van der Waals surface area contributed by atoms with E-state index in [2.05, 4.69) is 27.7 Å². The fraction of sp³-hybridized carbons (Fsp3) is 0.971. The Labute approximate surface area is 234 Å². The van der Waals surface area contributed by atoms with Crippen LogP contribution >= 0.6 is 0 Å². The van der Waals surface area contributed by atoms with E-state index in [0.717, 1.165) is 6.42 Å². The molecule has 0 radical (unpaired) electrons. The van der Waals surface area contributed by atoms with Crippen LogP contribution in [0, 0.1) is 11.8 Å².